The molecule has 1 aromatic carbocycles. The fourth-order valence-electron chi connectivity index (χ4n) is 1.39. The Balaban J connectivity index is 1.84. The minimum atomic E-state index is -4.38. The molecule has 1 heterocycles. The van der Waals surface area contributed by atoms with Gasteiger partial charge >= 0.3 is 6.18 Å². The Hall–Kier alpha value is -2.65. The topological polar surface area (TPSA) is 92.8 Å². The van der Waals surface area contributed by atoms with Crippen molar-refractivity contribution in [3.8, 4) is 5.75 Å². The average Bonchev–Trinajstić information content (AvgIpc) is 2.97. The lowest BCUT2D eigenvalue weighted by atomic mass is 10.2. The highest BCUT2D eigenvalue weighted by Gasteiger charge is 2.28. The van der Waals surface area contributed by atoms with Gasteiger partial charge in [-0.3, -0.25) is 4.79 Å². The second kappa shape index (κ2) is 6.20. The van der Waals surface area contributed by atoms with Crippen molar-refractivity contribution in [2.75, 3.05) is 6.61 Å². The van der Waals surface area contributed by atoms with E-state index in [1.165, 1.54) is 12.1 Å². The molecule has 7 nitrogen and oxygen atoms in total. The van der Waals surface area contributed by atoms with Gasteiger partial charge < -0.3 is 10.1 Å². The first-order valence-corrected chi connectivity index (χ1v) is 5.74. The van der Waals surface area contributed by atoms with Gasteiger partial charge in [-0.2, -0.15) is 18.4 Å². The van der Waals surface area contributed by atoms with Crippen LogP contribution in [0.4, 0.5) is 13.2 Å². The molecule has 1 aromatic heterocycles. The fraction of sp³-hybridized carbons (Fsp3) is 0.273. The summed E-state index contributed by atoms with van der Waals surface area (Å²) in [7, 11) is 0. The van der Waals surface area contributed by atoms with Gasteiger partial charge in [0, 0.05) is 6.54 Å². The Bertz CT molecular complexity index is 583. The van der Waals surface area contributed by atoms with Crippen LogP contribution in [0.2, 0.25) is 0 Å². The molecule has 0 aliphatic heterocycles. The predicted molar refractivity (Wildman–Crippen MR) is 63.3 cm³/mol. The molecule has 0 aliphatic carbocycles. The molecule has 0 radical (unpaired) electrons. The van der Waals surface area contributed by atoms with Crippen LogP contribution in [0.15, 0.2) is 24.3 Å². The van der Waals surface area contributed by atoms with Crippen LogP contribution >= 0.6 is 0 Å². The van der Waals surface area contributed by atoms with Crippen molar-refractivity contribution < 1.29 is 22.7 Å². The first-order chi connectivity index (χ1) is 9.94. The van der Waals surface area contributed by atoms with Crippen LogP contribution in [0.3, 0.4) is 0 Å². The summed E-state index contributed by atoms with van der Waals surface area (Å²) < 4.78 is 40.5. The van der Waals surface area contributed by atoms with E-state index in [0.29, 0.717) is 5.56 Å². The molecular weight excluding hydrogens is 291 g/mol. The first-order valence-electron chi connectivity index (χ1n) is 5.74. The third-order valence-electron chi connectivity index (χ3n) is 2.33. The monoisotopic (exact) mass is 301 g/mol. The van der Waals surface area contributed by atoms with Crippen LogP contribution < -0.4 is 10.1 Å². The fourth-order valence-corrected chi connectivity index (χ4v) is 1.39. The van der Waals surface area contributed by atoms with Gasteiger partial charge in [-0.1, -0.05) is 12.1 Å². The average molecular weight is 301 g/mol. The summed E-state index contributed by atoms with van der Waals surface area (Å²) in [4.78, 5) is 11.5. The van der Waals surface area contributed by atoms with Crippen LogP contribution in [-0.2, 0) is 6.54 Å². The molecule has 112 valence electrons. The van der Waals surface area contributed by atoms with Gasteiger partial charge in [0.15, 0.2) is 6.61 Å². The van der Waals surface area contributed by atoms with Crippen molar-refractivity contribution in [1.29, 1.82) is 0 Å². The number of alkyl halides is 3. The SMILES string of the molecule is O=C(NCc1ccc(OCC(F)(F)F)cc1)c1nn[nH]n1. The van der Waals surface area contributed by atoms with Crippen LogP contribution in [0.1, 0.15) is 16.2 Å². The number of halogens is 3. The normalized spacial score (nSPS) is 11.2. The number of carbonyl (C=O) groups excluding carboxylic acids is 1. The Morgan fingerprint density at radius 1 is 1.29 bits per heavy atom. The van der Waals surface area contributed by atoms with Crippen LogP contribution in [-0.4, -0.2) is 39.3 Å². The third kappa shape index (κ3) is 4.75. The molecule has 2 aromatic rings. The number of nitrogens with one attached hydrogen (secondary N) is 2. The van der Waals surface area contributed by atoms with Gasteiger partial charge in [-0.25, -0.2) is 0 Å². The van der Waals surface area contributed by atoms with E-state index in [2.05, 4.69) is 30.7 Å². The van der Waals surface area contributed by atoms with Gasteiger partial charge in [0.2, 0.25) is 0 Å². The van der Waals surface area contributed by atoms with Crippen molar-refractivity contribution in [3.05, 3.63) is 35.7 Å². The summed E-state index contributed by atoms with van der Waals surface area (Å²) in [6, 6.07) is 5.87. The van der Waals surface area contributed by atoms with Crippen molar-refractivity contribution in [2.45, 2.75) is 12.7 Å². The Morgan fingerprint density at radius 3 is 2.57 bits per heavy atom. The largest absolute Gasteiger partial charge is 0.484 e. The Morgan fingerprint density at radius 2 is 2.00 bits per heavy atom. The molecule has 0 spiro atoms. The van der Waals surface area contributed by atoms with E-state index in [1.807, 2.05) is 0 Å². The lowest BCUT2D eigenvalue weighted by Gasteiger charge is -2.09. The van der Waals surface area contributed by atoms with Crippen LogP contribution in [0, 0.1) is 0 Å². The highest BCUT2D eigenvalue weighted by Crippen LogP contribution is 2.18. The summed E-state index contributed by atoms with van der Waals surface area (Å²) in [5, 5.41) is 14.9. The zero-order valence-electron chi connectivity index (χ0n) is 10.5. The lowest BCUT2D eigenvalue weighted by molar-refractivity contribution is -0.153. The Labute approximate surface area is 116 Å². The third-order valence-corrected chi connectivity index (χ3v) is 2.33. The number of aromatic amines is 1. The summed E-state index contributed by atoms with van der Waals surface area (Å²) in [6.07, 6.45) is -4.38. The molecular formula is C11H10F3N5O2. The number of amides is 1. The number of carbonyl (C=O) groups is 1. The summed E-state index contributed by atoms with van der Waals surface area (Å²) in [5.41, 5.74) is 0.686. The minimum Gasteiger partial charge on any atom is -0.484 e. The molecule has 0 bridgehead atoms. The lowest BCUT2D eigenvalue weighted by Crippen LogP contribution is -2.24. The standard InChI is InChI=1S/C11H10F3N5O2/c12-11(13,14)6-21-8-3-1-7(2-4-8)5-15-10(20)9-16-18-19-17-9/h1-4H,5-6H2,(H,15,20)(H,16,17,18,19). The molecule has 10 heteroatoms. The van der Waals surface area contributed by atoms with E-state index < -0.39 is 18.7 Å². The summed E-state index contributed by atoms with van der Waals surface area (Å²) in [6.45, 7) is -1.17. The van der Waals surface area contributed by atoms with Gasteiger partial charge in [0.05, 0.1) is 0 Å². The highest BCUT2D eigenvalue weighted by atomic mass is 19.4. The molecule has 0 unspecified atom stereocenters. The zero-order chi connectivity index (χ0) is 15.3. The maximum Gasteiger partial charge on any atom is 0.422 e. The van der Waals surface area contributed by atoms with Gasteiger partial charge in [0.1, 0.15) is 5.75 Å². The second-order valence-corrected chi connectivity index (χ2v) is 3.97. The first kappa shape index (κ1) is 14.8. The highest BCUT2D eigenvalue weighted by molar-refractivity contribution is 5.89. The zero-order valence-corrected chi connectivity index (χ0v) is 10.5. The Kier molecular flexibility index (Phi) is 4.36. The van der Waals surface area contributed by atoms with Gasteiger partial charge in [-0.15, -0.1) is 10.2 Å². The number of aromatic nitrogens is 4. The van der Waals surface area contributed by atoms with Crippen molar-refractivity contribution in [1.82, 2.24) is 25.9 Å². The van der Waals surface area contributed by atoms with E-state index >= 15 is 0 Å². The van der Waals surface area contributed by atoms with E-state index in [-0.39, 0.29) is 18.1 Å². The molecule has 0 aliphatic rings. The van der Waals surface area contributed by atoms with E-state index in [0.717, 1.165) is 0 Å². The maximum atomic E-state index is 12.0. The predicted octanol–water partition coefficient (Wildman–Crippen LogP) is 1.07. The van der Waals surface area contributed by atoms with Crippen LogP contribution in [0.5, 0.6) is 5.75 Å². The number of hydrogen-bond acceptors (Lipinski definition) is 5. The maximum absolute atomic E-state index is 12.0. The molecule has 2 N–H and O–H groups in total. The smallest absolute Gasteiger partial charge is 0.422 e. The van der Waals surface area contributed by atoms with E-state index in [1.54, 1.807) is 12.1 Å². The van der Waals surface area contributed by atoms with Crippen molar-refractivity contribution in [3.63, 3.8) is 0 Å². The summed E-state index contributed by atoms with van der Waals surface area (Å²) >= 11 is 0. The molecule has 0 saturated carbocycles. The number of ether oxygens (including phenoxy) is 1. The molecule has 1 amide bonds. The number of H-pyrrole nitrogens is 1. The second-order valence-electron chi connectivity index (χ2n) is 3.97. The quantitative estimate of drug-likeness (QED) is 0.861. The molecule has 2 rings (SSSR count). The molecule has 0 saturated heterocycles. The number of hydrogen-bond donors (Lipinski definition) is 2. The summed E-state index contributed by atoms with van der Waals surface area (Å²) in [5.74, 6) is -0.512. The molecule has 0 atom stereocenters. The molecule has 21 heavy (non-hydrogen) atoms. The number of benzene rings is 1. The van der Waals surface area contributed by atoms with E-state index in [4.69, 9.17) is 0 Å². The number of tetrazole rings is 1. The van der Waals surface area contributed by atoms with Gasteiger partial charge in [0.25, 0.3) is 11.7 Å². The van der Waals surface area contributed by atoms with Crippen LogP contribution in [0.25, 0.3) is 0 Å². The van der Waals surface area contributed by atoms with E-state index in [9.17, 15) is 18.0 Å². The molecule has 0 fully saturated rings. The number of rotatable bonds is 5. The number of nitrogens with zero attached hydrogens (tertiary/aromatic N) is 3. The van der Waals surface area contributed by atoms with Crippen molar-refractivity contribution in [2.24, 2.45) is 0 Å². The van der Waals surface area contributed by atoms with Crippen molar-refractivity contribution >= 4 is 5.91 Å². The van der Waals surface area contributed by atoms with Gasteiger partial charge in [-0.05, 0) is 22.9 Å². The minimum absolute atomic E-state index is 0.0971.